The Bertz CT molecular complexity index is 315. The Morgan fingerprint density at radius 3 is 2.11 bits per heavy atom. The molecule has 0 aliphatic rings. The van der Waals surface area contributed by atoms with Crippen LogP contribution in [0.3, 0.4) is 0 Å². The number of esters is 1. The molecule has 0 spiro atoms. The number of carbonyl (C=O) groups is 1. The van der Waals surface area contributed by atoms with E-state index in [1.54, 1.807) is 0 Å². The number of hydrogen-bond acceptors (Lipinski definition) is 4. The molecule has 18 heavy (non-hydrogen) atoms. The van der Waals surface area contributed by atoms with Crippen LogP contribution in [-0.2, 0) is 18.4 Å². The van der Waals surface area contributed by atoms with Crippen molar-refractivity contribution in [2.75, 3.05) is 0 Å². The third-order valence-electron chi connectivity index (χ3n) is 3.97. The summed E-state index contributed by atoms with van der Waals surface area (Å²) in [6.45, 7) is 15.1. The summed E-state index contributed by atoms with van der Waals surface area (Å²) in [6.07, 6.45) is 1.17. The summed E-state index contributed by atoms with van der Waals surface area (Å²) in [4.78, 5) is 11.4. The van der Waals surface area contributed by atoms with Crippen LogP contribution < -0.4 is 0 Å². The van der Waals surface area contributed by atoms with E-state index in [0.29, 0.717) is 10.5 Å². The van der Waals surface area contributed by atoms with E-state index in [1.807, 2.05) is 34.6 Å². The average Bonchev–Trinajstić information content (AvgIpc) is 2.27. The SMILES string of the molecule is C=CC(=O)OC(C)(C)C(C)(C)C(C)(O[SiH3])O[SiH2]C. The molecule has 6 heteroatoms. The molecule has 0 aliphatic carbocycles. The summed E-state index contributed by atoms with van der Waals surface area (Å²) in [5, 5.41) is 0. The lowest BCUT2D eigenvalue weighted by atomic mass is 9.71. The van der Waals surface area contributed by atoms with Crippen LogP contribution in [0.15, 0.2) is 12.7 Å². The molecule has 0 rings (SSSR count). The molecule has 0 radical (unpaired) electrons. The second kappa shape index (κ2) is 6.14. The van der Waals surface area contributed by atoms with Crippen LogP contribution in [0.25, 0.3) is 0 Å². The van der Waals surface area contributed by atoms with Crippen molar-refractivity contribution in [3.05, 3.63) is 12.7 Å². The summed E-state index contributed by atoms with van der Waals surface area (Å²) in [7, 11) is -0.0728. The molecule has 1 atom stereocenters. The predicted molar refractivity (Wildman–Crippen MR) is 79.1 cm³/mol. The van der Waals surface area contributed by atoms with Gasteiger partial charge in [0.25, 0.3) is 0 Å². The van der Waals surface area contributed by atoms with Gasteiger partial charge in [-0.05, 0) is 20.8 Å². The minimum absolute atomic E-state index is 0.433. The predicted octanol–water partition coefficient (Wildman–Crippen LogP) is 0.682. The van der Waals surface area contributed by atoms with E-state index in [9.17, 15) is 4.79 Å². The van der Waals surface area contributed by atoms with E-state index < -0.39 is 32.5 Å². The van der Waals surface area contributed by atoms with Gasteiger partial charge in [0.2, 0.25) is 0 Å². The van der Waals surface area contributed by atoms with Crippen LogP contribution in [0.5, 0.6) is 0 Å². The van der Waals surface area contributed by atoms with Crippen LogP contribution in [0, 0.1) is 5.41 Å². The Hall–Kier alpha value is -0.436. The topological polar surface area (TPSA) is 44.8 Å². The highest BCUT2D eigenvalue weighted by molar-refractivity contribution is 6.25. The van der Waals surface area contributed by atoms with Gasteiger partial charge in [-0.3, -0.25) is 0 Å². The standard InChI is InChI=1S/C12H26O4Si2/c1-8-9(13)14-11(4,5)10(2,3)12(6,15-17)16-18-7/h8H,1,18H2,2-7,17H3. The third-order valence-corrected chi connectivity index (χ3v) is 5.59. The van der Waals surface area contributed by atoms with Crippen LogP contribution in [0.4, 0.5) is 0 Å². The van der Waals surface area contributed by atoms with Crippen molar-refractivity contribution >= 4 is 26.2 Å². The Balaban J connectivity index is 5.30. The molecular weight excluding hydrogens is 264 g/mol. The van der Waals surface area contributed by atoms with Crippen molar-refractivity contribution in [3.63, 3.8) is 0 Å². The van der Waals surface area contributed by atoms with Gasteiger partial charge in [-0.1, -0.05) is 27.0 Å². The van der Waals surface area contributed by atoms with E-state index >= 15 is 0 Å². The van der Waals surface area contributed by atoms with E-state index in [1.165, 1.54) is 6.08 Å². The zero-order valence-corrected chi connectivity index (χ0v) is 16.0. The van der Waals surface area contributed by atoms with E-state index in [-0.39, 0.29) is 0 Å². The highest BCUT2D eigenvalue weighted by atomic mass is 28.2. The Morgan fingerprint density at radius 1 is 1.28 bits per heavy atom. The molecule has 0 bridgehead atoms. The lowest BCUT2D eigenvalue weighted by molar-refractivity contribution is -0.241. The van der Waals surface area contributed by atoms with Crippen molar-refractivity contribution in [1.29, 1.82) is 0 Å². The molecule has 0 aliphatic heterocycles. The fourth-order valence-corrected chi connectivity index (χ4v) is 3.63. The molecule has 4 nitrogen and oxygen atoms in total. The molecular formula is C12H26O4Si2. The van der Waals surface area contributed by atoms with Gasteiger partial charge in [-0.25, -0.2) is 4.79 Å². The Morgan fingerprint density at radius 2 is 1.78 bits per heavy atom. The Kier molecular flexibility index (Phi) is 5.99. The maximum atomic E-state index is 11.4. The van der Waals surface area contributed by atoms with Gasteiger partial charge in [0, 0.05) is 6.08 Å². The van der Waals surface area contributed by atoms with Gasteiger partial charge >= 0.3 is 5.97 Å². The second-order valence-corrected chi connectivity index (χ2v) is 6.62. The van der Waals surface area contributed by atoms with Crippen molar-refractivity contribution in [2.45, 2.75) is 52.6 Å². The smallest absolute Gasteiger partial charge is 0.330 e. The first-order chi connectivity index (χ1) is 8.08. The molecule has 0 saturated carbocycles. The molecule has 0 aromatic heterocycles. The van der Waals surface area contributed by atoms with Gasteiger partial charge < -0.3 is 13.6 Å². The molecule has 106 valence electrons. The van der Waals surface area contributed by atoms with E-state index in [0.717, 1.165) is 0 Å². The van der Waals surface area contributed by atoms with Gasteiger partial charge in [0.1, 0.15) is 16.1 Å². The van der Waals surface area contributed by atoms with Crippen LogP contribution >= 0.6 is 0 Å². The molecule has 1 unspecified atom stereocenters. The van der Waals surface area contributed by atoms with Crippen molar-refractivity contribution in [1.82, 2.24) is 0 Å². The van der Waals surface area contributed by atoms with Gasteiger partial charge in [0.05, 0.1) is 5.41 Å². The number of rotatable bonds is 7. The molecule has 0 aromatic carbocycles. The van der Waals surface area contributed by atoms with Crippen LogP contribution in [0.1, 0.15) is 34.6 Å². The minimum Gasteiger partial charge on any atom is -0.456 e. The van der Waals surface area contributed by atoms with Crippen LogP contribution in [0.2, 0.25) is 6.55 Å². The Labute approximate surface area is 116 Å². The summed E-state index contributed by atoms with van der Waals surface area (Å²) < 4.78 is 17.0. The summed E-state index contributed by atoms with van der Waals surface area (Å²) in [5.41, 5.74) is -1.20. The maximum absolute atomic E-state index is 11.4. The molecule has 0 fully saturated rings. The maximum Gasteiger partial charge on any atom is 0.330 e. The average molecular weight is 291 g/mol. The third kappa shape index (κ3) is 3.31. The highest BCUT2D eigenvalue weighted by Crippen LogP contribution is 2.45. The lowest BCUT2D eigenvalue weighted by Crippen LogP contribution is -2.59. The van der Waals surface area contributed by atoms with E-state index in [4.69, 9.17) is 13.6 Å². The first kappa shape index (κ1) is 17.6. The molecule has 0 N–H and O–H groups in total. The minimum atomic E-state index is -0.731. The number of ether oxygens (including phenoxy) is 1. The first-order valence-electron chi connectivity index (χ1n) is 6.12. The fraction of sp³-hybridized carbons (Fsp3) is 0.750. The summed E-state index contributed by atoms with van der Waals surface area (Å²) in [5.74, 6) is -1.16. The second-order valence-electron chi connectivity index (χ2n) is 5.34. The fourth-order valence-electron chi connectivity index (χ4n) is 1.74. The van der Waals surface area contributed by atoms with Crippen molar-refractivity contribution in [3.8, 4) is 0 Å². The first-order valence-corrected chi connectivity index (χ1v) is 8.93. The quantitative estimate of drug-likeness (QED) is 0.299. The van der Waals surface area contributed by atoms with Gasteiger partial charge in [0.15, 0.2) is 15.6 Å². The van der Waals surface area contributed by atoms with Gasteiger partial charge in [-0.15, -0.1) is 0 Å². The molecule has 0 aromatic rings. The lowest BCUT2D eigenvalue weighted by Gasteiger charge is -2.51. The molecule has 0 amide bonds. The van der Waals surface area contributed by atoms with Crippen molar-refractivity contribution in [2.24, 2.45) is 5.41 Å². The van der Waals surface area contributed by atoms with Crippen LogP contribution in [-0.4, -0.2) is 37.6 Å². The van der Waals surface area contributed by atoms with Crippen molar-refractivity contribution < 1.29 is 18.4 Å². The molecule has 0 heterocycles. The highest BCUT2D eigenvalue weighted by Gasteiger charge is 2.53. The summed E-state index contributed by atoms with van der Waals surface area (Å²) in [6, 6.07) is 0. The number of hydrogen-bond donors (Lipinski definition) is 0. The van der Waals surface area contributed by atoms with E-state index in [2.05, 4.69) is 13.1 Å². The molecule has 0 saturated heterocycles. The normalized spacial score (nSPS) is 16.8. The largest absolute Gasteiger partial charge is 0.456 e. The monoisotopic (exact) mass is 290 g/mol. The summed E-state index contributed by atoms with van der Waals surface area (Å²) >= 11 is 0. The van der Waals surface area contributed by atoms with Gasteiger partial charge in [-0.2, -0.15) is 0 Å². The number of carbonyl (C=O) groups excluding carboxylic acids is 1. The zero-order chi connectivity index (χ0) is 14.6. The zero-order valence-electron chi connectivity index (χ0n) is 12.6.